The van der Waals surface area contributed by atoms with E-state index < -0.39 is 5.97 Å². The number of amides is 1. The van der Waals surface area contributed by atoms with Crippen molar-refractivity contribution in [1.29, 1.82) is 0 Å². The van der Waals surface area contributed by atoms with Crippen molar-refractivity contribution in [2.45, 2.75) is 29.9 Å². The van der Waals surface area contributed by atoms with Crippen LogP contribution in [-0.2, 0) is 9.59 Å². The third-order valence-electron chi connectivity index (χ3n) is 2.96. The van der Waals surface area contributed by atoms with Gasteiger partial charge < -0.3 is 15.7 Å². The number of hydrogen-bond donors (Lipinski definition) is 2. The van der Waals surface area contributed by atoms with Crippen molar-refractivity contribution in [3.8, 4) is 0 Å². The lowest BCUT2D eigenvalue weighted by Crippen LogP contribution is -2.40. The minimum Gasteiger partial charge on any atom is -0.481 e. The summed E-state index contributed by atoms with van der Waals surface area (Å²) < 4.78 is 0. The minimum atomic E-state index is -0.843. The molecular weight excluding hydrogens is 264 g/mol. The van der Waals surface area contributed by atoms with E-state index in [-0.39, 0.29) is 17.6 Å². The lowest BCUT2D eigenvalue weighted by molar-refractivity contribution is -0.137. The average Bonchev–Trinajstić information content (AvgIpc) is 2.33. The Bertz CT molecular complexity index is 519. The fourth-order valence-electron chi connectivity index (χ4n) is 2.05. The molecule has 1 heterocycles. The predicted molar refractivity (Wildman–Crippen MR) is 75.4 cm³/mol. The smallest absolute Gasteiger partial charge is 0.303 e. The van der Waals surface area contributed by atoms with E-state index in [9.17, 15) is 9.59 Å². The SMILES string of the molecule is CC1Sc2cc(N)ccc2N(CCCC(=O)O)C1=O. The van der Waals surface area contributed by atoms with Gasteiger partial charge in [0.1, 0.15) is 0 Å². The molecule has 1 aliphatic rings. The summed E-state index contributed by atoms with van der Waals surface area (Å²) in [6, 6.07) is 5.43. The highest BCUT2D eigenvalue weighted by atomic mass is 32.2. The molecule has 6 heteroatoms. The number of benzene rings is 1. The van der Waals surface area contributed by atoms with E-state index in [1.807, 2.05) is 19.1 Å². The summed E-state index contributed by atoms with van der Waals surface area (Å²) in [6.07, 6.45) is 0.512. The second-order valence-electron chi connectivity index (χ2n) is 4.47. The zero-order valence-electron chi connectivity index (χ0n) is 10.6. The Hall–Kier alpha value is -1.69. The molecule has 0 saturated carbocycles. The van der Waals surface area contributed by atoms with Gasteiger partial charge in [0.2, 0.25) is 5.91 Å². The number of nitrogen functional groups attached to an aromatic ring is 1. The van der Waals surface area contributed by atoms with Crippen LogP contribution in [0.3, 0.4) is 0 Å². The third kappa shape index (κ3) is 3.01. The molecule has 0 radical (unpaired) electrons. The molecule has 0 aliphatic carbocycles. The standard InChI is InChI=1S/C13H16N2O3S/c1-8-13(18)15(6-2-3-12(16)17)10-5-4-9(14)7-11(10)19-8/h4-5,7-8H,2-3,6,14H2,1H3,(H,16,17). The molecule has 19 heavy (non-hydrogen) atoms. The molecular formula is C13H16N2O3S. The number of thioether (sulfide) groups is 1. The first-order valence-electron chi connectivity index (χ1n) is 6.08. The highest BCUT2D eigenvalue weighted by molar-refractivity contribution is 8.01. The van der Waals surface area contributed by atoms with Gasteiger partial charge in [-0.15, -0.1) is 11.8 Å². The van der Waals surface area contributed by atoms with E-state index in [2.05, 4.69) is 0 Å². The van der Waals surface area contributed by atoms with Gasteiger partial charge >= 0.3 is 5.97 Å². The van der Waals surface area contributed by atoms with Crippen LogP contribution >= 0.6 is 11.8 Å². The van der Waals surface area contributed by atoms with Crippen LogP contribution in [0.2, 0.25) is 0 Å². The number of carbonyl (C=O) groups excluding carboxylic acids is 1. The first kappa shape index (κ1) is 13.7. The van der Waals surface area contributed by atoms with Crippen molar-refractivity contribution >= 4 is 35.0 Å². The number of anilines is 2. The number of carboxylic acids is 1. The van der Waals surface area contributed by atoms with Crippen LogP contribution in [0.5, 0.6) is 0 Å². The molecule has 0 bridgehead atoms. The van der Waals surface area contributed by atoms with Crippen molar-refractivity contribution in [3.63, 3.8) is 0 Å². The Balaban J connectivity index is 2.21. The fraction of sp³-hybridized carbons (Fsp3) is 0.385. The zero-order chi connectivity index (χ0) is 14.0. The Morgan fingerprint density at radius 2 is 2.26 bits per heavy atom. The lowest BCUT2D eigenvalue weighted by Gasteiger charge is -2.32. The molecule has 1 atom stereocenters. The first-order valence-corrected chi connectivity index (χ1v) is 6.96. The monoisotopic (exact) mass is 280 g/mol. The number of carbonyl (C=O) groups is 2. The topological polar surface area (TPSA) is 83.6 Å². The van der Waals surface area contributed by atoms with Crippen LogP contribution in [-0.4, -0.2) is 28.8 Å². The molecule has 1 aromatic carbocycles. The number of hydrogen-bond acceptors (Lipinski definition) is 4. The molecule has 2 rings (SSSR count). The van der Waals surface area contributed by atoms with Crippen molar-refractivity contribution < 1.29 is 14.7 Å². The molecule has 1 unspecified atom stereocenters. The van der Waals surface area contributed by atoms with Crippen molar-refractivity contribution in [3.05, 3.63) is 18.2 Å². The second kappa shape index (κ2) is 5.52. The van der Waals surface area contributed by atoms with Gasteiger partial charge in [-0.05, 0) is 31.5 Å². The maximum absolute atomic E-state index is 12.2. The fourth-order valence-corrected chi connectivity index (χ4v) is 3.16. The van der Waals surface area contributed by atoms with E-state index in [1.54, 1.807) is 11.0 Å². The summed E-state index contributed by atoms with van der Waals surface area (Å²) in [5, 5.41) is 8.50. The van der Waals surface area contributed by atoms with Crippen molar-refractivity contribution in [2.24, 2.45) is 0 Å². The molecule has 1 aliphatic heterocycles. The van der Waals surface area contributed by atoms with Crippen molar-refractivity contribution in [2.75, 3.05) is 17.2 Å². The van der Waals surface area contributed by atoms with Gasteiger partial charge in [0.05, 0.1) is 10.9 Å². The van der Waals surface area contributed by atoms with Gasteiger partial charge in [-0.1, -0.05) is 0 Å². The van der Waals surface area contributed by atoms with Crippen LogP contribution in [0, 0.1) is 0 Å². The summed E-state index contributed by atoms with van der Waals surface area (Å²) in [7, 11) is 0. The van der Waals surface area contributed by atoms with E-state index in [0.29, 0.717) is 18.7 Å². The first-order chi connectivity index (χ1) is 8.99. The Kier molecular flexibility index (Phi) is 3.99. The lowest BCUT2D eigenvalue weighted by atomic mass is 10.2. The molecule has 0 spiro atoms. The van der Waals surface area contributed by atoms with Gasteiger partial charge in [-0.3, -0.25) is 9.59 Å². The number of nitrogens with two attached hydrogens (primary N) is 1. The number of carboxylic acid groups (broad SMARTS) is 1. The molecule has 5 nitrogen and oxygen atoms in total. The minimum absolute atomic E-state index is 0.0210. The highest BCUT2D eigenvalue weighted by Crippen LogP contribution is 2.40. The molecule has 102 valence electrons. The summed E-state index contributed by atoms with van der Waals surface area (Å²) in [6.45, 7) is 2.27. The molecule has 0 saturated heterocycles. The highest BCUT2D eigenvalue weighted by Gasteiger charge is 2.30. The molecule has 0 fully saturated rings. The van der Waals surface area contributed by atoms with Gasteiger partial charge in [-0.25, -0.2) is 0 Å². The van der Waals surface area contributed by atoms with Crippen LogP contribution < -0.4 is 10.6 Å². The van der Waals surface area contributed by atoms with E-state index >= 15 is 0 Å². The van der Waals surface area contributed by atoms with Crippen LogP contribution in [0.1, 0.15) is 19.8 Å². The molecule has 1 amide bonds. The predicted octanol–water partition coefficient (Wildman–Crippen LogP) is 1.96. The third-order valence-corrected chi connectivity index (χ3v) is 4.10. The maximum Gasteiger partial charge on any atom is 0.303 e. The number of rotatable bonds is 4. The number of nitrogens with zero attached hydrogens (tertiary/aromatic N) is 1. The quantitative estimate of drug-likeness (QED) is 0.824. The van der Waals surface area contributed by atoms with Crippen LogP contribution in [0.25, 0.3) is 0 Å². The Morgan fingerprint density at radius 1 is 1.53 bits per heavy atom. The largest absolute Gasteiger partial charge is 0.481 e. The van der Waals surface area contributed by atoms with Crippen LogP contribution in [0.15, 0.2) is 23.1 Å². The number of fused-ring (bicyclic) bond motifs is 1. The normalized spacial score (nSPS) is 18.3. The van der Waals surface area contributed by atoms with Gasteiger partial charge in [-0.2, -0.15) is 0 Å². The van der Waals surface area contributed by atoms with Gasteiger partial charge in [0, 0.05) is 23.5 Å². The van der Waals surface area contributed by atoms with Crippen molar-refractivity contribution in [1.82, 2.24) is 0 Å². The Labute approximate surface area is 115 Å². The summed E-state index contributed by atoms with van der Waals surface area (Å²) in [5.41, 5.74) is 7.24. The maximum atomic E-state index is 12.2. The molecule has 0 aromatic heterocycles. The average molecular weight is 280 g/mol. The Morgan fingerprint density at radius 3 is 2.95 bits per heavy atom. The molecule has 1 aromatic rings. The van der Waals surface area contributed by atoms with E-state index in [4.69, 9.17) is 10.8 Å². The van der Waals surface area contributed by atoms with Crippen LogP contribution in [0.4, 0.5) is 11.4 Å². The number of aliphatic carboxylic acids is 1. The van der Waals surface area contributed by atoms with Gasteiger partial charge in [0.25, 0.3) is 0 Å². The second-order valence-corrected chi connectivity index (χ2v) is 5.86. The summed E-state index contributed by atoms with van der Waals surface area (Å²) in [4.78, 5) is 25.4. The summed E-state index contributed by atoms with van der Waals surface area (Å²) >= 11 is 1.49. The molecule has 3 N–H and O–H groups in total. The van der Waals surface area contributed by atoms with Gasteiger partial charge in [0.15, 0.2) is 0 Å². The van der Waals surface area contributed by atoms with E-state index in [0.717, 1.165) is 10.6 Å². The zero-order valence-corrected chi connectivity index (χ0v) is 11.4. The summed E-state index contributed by atoms with van der Waals surface area (Å²) in [5.74, 6) is -0.822. The van der Waals surface area contributed by atoms with E-state index in [1.165, 1.54) is 11.8 Å².